The third-order valence-electron chi connectivity index (χ3n) is 3.31. The van der Waals surface area contributed by atoms with Crippen LogP contribution in [0.2, 0.25) is 0 Å². The smallest absolute Gasteiger partial charge is 0.153 e. The molecule has 0 aliphatic carbocycles. The summed E-state index contributed by atoms with van der Waals surface area (Å²) in [5.41, 5.74) is 9.82. The van der Waals surface area contributed by atoms with Gasteiger partial charge in [0.25, 0.3) is 0 Å². The van der Waals surface area contributed by atoms with Crippen LogP contribution in [-0.4, -0.2) is 19.6 Å². The maximum atomic E-state index is 5.85. The Labute approximate surface area is 108 Å². The molecule has 19 heavy (non-hydrogen) atoms. The molecule has 3 aromatic heterocycles. The fourth-order valence-corrected chi connectivity index (χ4v) is 2.34. The monoisotopic (exact) mass is 249 g/mol. The van der Waals surface area contributed by atoms with Crippen LogP contribution in [0.25, 0.3) is 27.8 Å². The molecule has 0 radical (unpaired) electrons. The number of fused-ring (bicyclic) bond motifs is 2. The number of rotatable bonds is 1. The van der Waals surface area contributed by atoms with Crippen LogP contribution >= 0.6 is 0 Å². The molecule has 92 valence electrons. The van der Waals surface area contributed by atoms with Gasteiger partial charge >= 0.3 is 0 Å². The number of imidazole rings is 1. The predicted octanol–water partition coefficient (Wildman–Crippen LogP) is 2.46. The van der Waals surface area contributed by atoms with Gasteiger partial charge in [0.05, 0.1) is 17.4 Å². The van der Waals surface area contributed by atoms with Gasteiger partial charge in [0.1, 0.15) is 5.65 Å². The summed E-state index contributed by atoms with van der Waals surface area (Å²) < 4.78 is 2.05. The average Bonchev–Trinajstić information content (AvgIpc) is 3.03. The largest absolute Gasteiger partial charge is 0.382 e. The molecule has 5 nitrogen and oxygen atoms in total. The van der Waals surface area contributed by atoms with Crippen molar-refractivity contribution in [2.24, 2.45) is 0 Å². The van der Waals surface area contributed by atoms with Crippen LogP contribution < -0.4 is 5.73 Å². The lowest BCUT2D eigenvalue weighted by Gasteiger charge is -2.02. The molecule has 3 heterocycles. The highest BCUT2D eigenvalue weighted by Gasteiger charge is 2.08. The molecular weight excluding hydrogens is 238 g/mol. The molecule has 0 amide bonds. The summed E-state index contributed by atoms with van der Waals surface area (Å²) in [7, 11) is 0. The van der Waals surface area contributed by atoms with Crippen LogP contribution in [0, 0.1) is 0 Å². The Morgan fingerprint density at radius 2 is 2.11 bits per heavy atom. The van der Waals surface area contributed by atoms with E-state index in [4.69, 9.17) is 5.73 Å². The number of aromatic amines is 1. The molecule has 0 aliphatic heterocycles. The van der Waals surface area contributed by atoms with Gasteiger partial charge in [0, 0.05) is 17.1 Å². The normalized spacial score (nSPS) is 11.4. The van der Waals surface area contributed by atoms with E-state index >= 15 is 0 Å². The van der Waals surface area contributed by atoms with Crippen molar-refractivity contribution in [2.45, 2.75) is 0 Å². The molecule has 0 saturated carbocycles. The summed E-state index contributed by atoms with van der Waals surface area (Å²) in [5, 5.41) is 7.84. The molecular formula is C14H11N5. The number of nitrogens with two attached hydrogens (primary N) is 1. The van der Waals surface area contributed by atoms with Crippen LogP contribution in [0.3, 0.4) is 0 Å². The van der Waals surface area contributed by atoms with Gasteiger partial charge in [-0.25, -0.2) is 4.98 Å². The first-order valence-electron chi connectivity index (χ1n) is 5.99. The van der Waals surface area contributed by atoms with E-state index in [1.54, 1.807) is 0 Å². The molecule has 4 rings (SSSR count). The molecule has 0 unspecified atom stereocenters. The Hall–Kier alpha value is -2.82. The van der Waals surface area contributed by atoms with Gasteiger partial charge < -0.3 is 5.73 Å². The number of benzene rings is 1. The summed E-state index contributed by atoms with van der Waals surface area (Å²) in [5.74, 6) is 0.519. The summed E-state index contributed by atoms with van der Waals surface area (Å²) >= 11 is 0. The van der Waals surface area contributed by atoms with Crippen LogP contribution in [0.15, 0.2) is 48.8 Å². The average molecular weight is 249 g/mol. The number of nitrogens with zero attached hydrogens (tertiary/aromatic N) is 3. The number of aromatic nitrogens is 4. The molecule has 5 heteroatoms. The maximum Gasteiger partial charge on any atom is 0.153 e. The predicted molar refractivity (Wildman–Crippen MR) is 74.7 cm³/mol. The minimum atomic E-state index is 0.519. The molecule has 0 saturated heterocycles. The van der Waals surface area contributed by atoms with Crippen molar-refractivity contribution in [1.82, 2.24) is 19.6 Å². The minimum Gasteiger partial charge on any atom is -0.382 e. The van der Waals surface area contributed by atoms with Gasteiger partial charge in [0.2, 0.25) is 0 Å². The van der Waals surface area contributed by atoms with Crippen molar-refractivity contribution < 1.29 is 0 Å². The number of nitrogens with one attached hydrogen (secondary N) is 1. The molecule has 4 aromatic rings. The van der Waals surface area contributed by atoms with E-state index in [0.29, 0.717) is 5.82 Å². The zero-order valence-corrected chi connectivity index (χ0v) is 10.0. The van der Waals surface area contributed by atoms with Crippen LogP contribution in [-0.2, 0) is 0 Å². The number of H-pyrrole nitrogens is 1. The van der Waals surface area contributed by atoms with Crippen molar-refractivity contribution in [3.8, 4) is 11.3 Å². The Morgan fingerprint density at radius 3 is 3.05 bits per heavy atom. The van der Waals surface area contributed by atoms with Crippen molar-refractivity contribution in [2.75, 3.05) is 5.73 Å². The molecule has 0 fully saturated rings. The number of hydrogen-bond donors (Lipinski definition) is 2. The quantitative estimate of drug-likeness (QED) is 0.544. The van der Waals surface area contributed by atoms with Gasteiger partial charge in [-0.05, 0) is 24.3 Å². The third-order valence-corrected chi connectivity index (χ3v) is 3.31. The molecule has 1 aromatic carbocycles. The first-order valence-corrected chi connectivity index (χ1v) is 5.99. The number of pyridine rings is 1. The second-order valence-electron chi connectivity index (χ2n) is 4.44. The van der Waals surface area contributed by atoms with E-state index in [0.717, 1.165) is 27.8 Å². The maximum absolute atomic E-state index is 5.85. The highest BCUT2D eigenvalue weighted by atomic mass is 15.1. The lowest BCUT2D eigenvalue weighted by Crippen LogP contribution is -1.88. The highest BCUT2D eigenvalue weighted by molar-refractivity contribution is 5.92. The zero-order chi connectivity index (χ0) is 12.8. The fraction of sp³-hybridized carbons (Fsp3) is 0. The van der Waals surface area contributed by atoms with Gasteiger partial charge in [0.15, 0.2) is 5.82 Å². The summed E-state index contributed by atoms with van der Waals surface area (Å²) in [6.07, 6.45) is 3.87. The Balaban J connectivity index is 2.01. The highest BCUT2D eigenvalue weighted by Crippen LogP contribution is 2.26. The van der Waals surface area contributed by atoms with E-state index in [1.165, 1.54) is 0 Å². The van der Waals surface area contributed by atoms with E-state index in [2.05, 4.69) is 19.6 Å². The fourth-order valence-electron chi connectivity index (χ4n) is 2.34. The van der Waals surface area contributed by atoms with Crippen molar-refractivity contribution >= 4 is 22.4 Å². The number of hydrogen-bond acceptors (Lipinski definition) is 3. The molecule has 0 bridgehead atoms. The molecule has 3 N–H and O–H groups in total. The summed E-state index contributed by atoms with van der Waals surface area (Å²) in [6.45, 7) is 0. The van der Waals surface area contributed by atoms with E-state index in [9.17, 15) is 0 Å². The minimum absolute atomic E-state index is 0.519. The third kappa shape index (κ3) is 1.41. The standard InChI is InChI=1S/C14H11N5/c15-14-10-7-9(4-5-11(10)17-18-14)12-8-16-13-3-1-2-6-19(12)13/h1-8H,(H3,15,17,18). The second-order valence-corrected chi connectivity index (χ2v) is 4.44. The summed E-state index contributed by atoms with van der Waals surface area (Å²) in [4.78, 5) is 4.39. The van der Waals surface area contributed by atoms with Crippen LogP contribution in [0.4, 0.5) is 5.82 Å². The number of nitrogen functional groups attached to an aromatic ring is 1. The first-order chi connectivity index (χ1) is 9.33. The first kappa shape index (κ1) is 10.1. The Bertz CT molecular complexity index is 887. The second kappa shape index (κ2) is 3.58. The van der Waals surface area contributed by atoms with Gasteiger partial charge in [-0.2, -0.15) is 5.10 Å². The van der Waals surface area contributed by atoms with E-state index in [1.807, 2.05) is 48.8 Å². The van der Waals surface area contributed by atoms with Gasteiger partial charge in [-0.15, -0.1) is 0 Å². The SMILES string of the molecule is Nc1n[nH]c2ccc(-c3cnc4ccccn34)cc12. The lowest BCUT2D eigenvalue weighted by atomic mass is 10.1. The van der Waals surface area contributed by atoms with Crippen LogP contribution in [0.1, 0.15) is 0 Å². The molecule has 0 spiro atoms. The molecule has 0 atom stereocenters. The Kier molecular flexibility index (Phi) is 1.91. The molecule has 0 aliphatic rings. The van der Waals surface area contributed by atoms with Crippen molar-refractivity contribution in [3.05, 3.63) is 48.8 Å². The zero-order valence-electron chi connectivity index (χ0n) is 10.0. The lowest BCUT2D eigenvalue weighted by molar-refractivity contribution is 1.13. The van der Waals surface area contributed by atoms with Gasteiger partial charge in [-0.1, -0.05) is 12.1 Å². The number of anilines is 1. The Morgan fingerprint density at radius 1 is 1.16 bits per heavy atom. The topological polar surface area (TPSA) is 72.0 Å². The summed E-state index contributed by atoms with van der Waals surface area (Å²) in [6, 6.07) is 12.0. The van der Waals surface area contributed by atoms with E-state index in [-0.39, 0.29) is 0 Å². The van der Waals surface area contributed by atoms with Gasteiger partial charge in [-0.3, -0.25) is 9.50 Å². The van der Waals surface area contributed by atoms with Crippen LogP contribution in [0.5, 0.6) is 0 Å². The van der Waals surface area contributed by atoms with Crippen molar-refractivity contribution in [3.63, 3.8) is 0 Å². The van der Waals surface area contributed by atoms with E-state index < -0.39 is 0 Å². The van der Waals surface area contributed by atoms with Crippen molar-refractivity contribution in [1.29, 1.82) is 0 Å².